The summed E-state index contributed by atoms with van der Waals surface area (Å²) in [4.78, 5) is 13.4. The molecule has 15 heavy (non-hydrogen) atoms. The Morgan fingerprint density at radius 1 is 1.40 bits per heavy atom. The fourth-order valence-electron chi connectivity index (χ4n) is 1.33. The van der Waals surface area contributed by atoms with Crippen molar-refractivity contribution in [3.63, 3.8) is 0 Å². The van der Waals surface area contributed by atoms with Crippen LogP contribution >= 0.6 is 0 Å². The zero-order valence-corrected chi connectivity index (χ0v) is 10.2. The molecule has 0 saturated heterocycles. The van der Waals surface area contributed by atoms with Crippen molar-refractivity contribution in [3.8, 4) is 0 Å². The van der Waals surface area contributed by atoms with Gasteiger partial charge in [-0.25, -0.2) is 0 Å². The van der Waals surface area contributed by atoms with Gasteiger partial charge in [-0.15, -0.1) is 0 Å². The molecule has 0 fully saturated rings. The molecule has 1 unspecified atom stereocenters. The lowest BCUT2D eigenvalue weighted by Gasteiger charge is -2.28. The monoisotopic (exact) mass is 217 g/mol. The van der Waals surface area contributed by atoms with Gasteiger partial charge in [0.1, 0.15) is 0 Å². The van der Waals surface area contributed by atoms with Crippen LogP contribution in [0.25, 0.3) is 0 Å². The van der Waals surface area contributed by atoms with Crippen molar-refractivity contribution < 1.29 is 14.6 Å². The highest BCUT2D eigenvalue weighted by molar-refractivity contribution is 5.76. The highest BCUT2D eigenvalue weighted by Gasteiger charge is 2.17. The van der Waals surface area contributed by atoms with Crippen molar-refractivity contribution in [1.82, 2.24) is 4.90 Å². The van der Waals surface area contributed by atoms with Crippen LogP contribution < -0.4 is 0 Å². The Labute approximate surface area is 92.2 Å². The molecule has 0 aliphatic carbocycles. The summed E-state index contributed by atoms with van der Waals surface area (Å²) in [6, 6.07) is 0.119. The summed E-state index contributed by atoms with van der Waals surface area (Å²) in [6.45, 7) is 8.96. The van der Waals surface area contributed by atoms with Gasteiger partial charge in [0.2, 0.25) is 5.91 Å². The first-order chi connectivity index (χ1) is 6.99. The van der Waals surface area contributed by atoms with E-state index in [4.69, 9.17) is 4.74 Å². The van der Waals surface area contributed by atoms with Gasteiger partial charge in [-0.05, 0) is 27.7 Å². The Balaban J connectivity index is 4.05. The van der Waals surface area contributed by atoms with Crippen LogP contribution in [0.3, 0.4) is 0 Å². The van der Waals surface area contributed by atoms with E-state index in [0.29, 0.717) is 26.2 Å². The van der Waals surface area contributed by atoms with Crippen LogP contribution in [0, 0.1) is 0 Å². The molecule has 1 N–H and O–H groups in total. The number of ether oxygens (including phenoxy) is 1. The van der Waals surface area contributed by atoms with E-state index < -0.39 is 6.10 Å². The van der Waals surface area contributed by atoms with Crippen molar-refractivity contribution >= 4 is 5.91 Å². The van der Waals surface area contributed by atoms with Crippen LogP contribution in [-0.2, 0) is 9.53 Å². The summed E-state index contributed by atoms with van der Waals surface area (Å²) >= 11 is 0. The van der Waals surface area contributed by atoms with Crippen molar-refractivity contribution in [1.29, 1.82) is 0 Å². The predicted molar refractivity (Wildman–Crippen MR) is 59.6 cm³/mol. The summed E-state index contributed by atoms with van der Waals surface area (Å²) in [5.41, 5.74) is 0. The zero-order valence-electron chi connectivity index (χ0n) is 10.2. The number of amides is 1. The van der Waals surface area contributed by atoms with Gasteiger partial charge >= 0.3 is 0 Å². The van der Waals surface area contributed by atoms with Gasteiger partial charge in [0.15, 0.2) is 0 Å². The second kappa shape index (κ2) is 7.65. The first kappa shape index (κ1) is 14.4. The molecule has 0 aliphatic rings. The first-order valence-electron chi connectivity index (χ1n) is 5.54. The quantitative estimate of drug-likeness (QED) is 0.648. The van der Waals surface area contributed by atoms with Crippen molar-refractivity contribution in [2.75, 3.05) is 19.8 Å². The number of carbonyl (C=O) groups is 1. The number of carbonyl (C=O) groups excluding carboxylic acids is 1. The summed E-state index contributed by atoms with van der Waals surface area (Å²) in [7, 11) is 0. The minimum atomic E-state index is -0.483. The van der Waals surface area contributed by atoms with E-state index in [1.165, 1.54) is 0 Å². The Hall–Kier alpha value is -0.610. The minimum Gasteiger partial charge on any atom is -0.392 e. The van der Waals surface area contributed by atoms with Gasteiger partial charge in [-0.2, -0.15) is 0 Å². The molecule has 4 heteroatoms. The van der Waals surface area contributed by atoms with Gasteiger partial charge in [-0.3, -0.25) is 4.79 Å². The van der Waals surface area contributed by atoms with Gasteiger partial charge in [0.25, 0.3) is 0 Å². The molecule has 0 rings (SSSR count). The Morgan fingerprint density at radius 3 is 2.40 bits per heavy atom. The molecular formula is C11H23NO3. The Bertz CT molecular complexity index is 181. The molecule has 0 radical (unpaired) electrons. The SMILES string of the molecule is CCOCCC(=O)N(CC(C)O)C(C)C. The van der Waals surface area contributed by atoms with Crippen LogP contribution in [0.4, 0.5) is 0 Å². The van der Waals surface area contributed by atoms with Crippen molar-refractivity contribution in [2.45, 2.75) is 46.3 Å². The lowest BCUT2D eigenvalue weighted by molar-refractivity contribution is -0.135. The first-order valence-corrected chi connectivity index (χ1v) is 5.54. The molecule has 1 amide bonds. The fourth-order valence-corrected chi connectivity index (χ4v) is 1.33. The molecule has 0 bridgehead atoms. The third-order valence-electron chi connectivity index (χ3n) is 2.07. The molecule has 4 nitrogen and oxygen atoms in total. The van der Waals surface area contributed by atoms with Crippen molar-refractivity contribution in [2.24, 2.45) is 0 Å². The van der Waals surface area contributed by atoms with Gasteiger partial charge < -0.3 is 14.7 Å². The Morgan fingerprint density at radius 2 is 2.00 bits per heavy atom. The summed E-state index contributed by atoms with van der Waals surface area (Å²) in [6.07, 6.45) is -0.0953. The molecule has 90 valence electrons. The lowest BCUT2D eigenvalue weighted by Crippen LogP contribution is -2.41. The molecule has 0 aromatic rings. The second-order valence-corrected chi connectivity index (χ2v) is 3.94. The van der Waals surface area contributed by atoms with E-state index in [0.717, 1.165) is 0 Å². The van der Waals surface area contributed by atoms with E-state index in [2.05, 4.69) is 0 Å². The minimum absolute atomic E-state index is 0.0411. The lowest BCUT2D eigenvalue weighted by atomic mass is 10.2. The third kappa shape index (κ3) is 6.47. The fraction of sp³-hybridized carbons (Fsp3) is 0.909. The summed E-state index contributed by atoms with van der Waals surface area (Å²) in [5.74, 6) is 0.0411. The highest BCUT2D eigenvalue weighted by atomic mass is 16.5. The van der Waals surface area contributed by atoms with Crippen molar-refractivity contribution in [3.05, 3.63) is 0 Å². The maximum absolute atomic E-state index is 11.7. The van der Waals surface area contributed by atoms with Gasteiger partial charge in [0, 0.05) is 19.2 Å². The van der Waals surface area contributed by atoms with Crippen LogP contribution in [-0.4, -0.2) is 47.8 Å². The van der Waals surface area contributed by atoms with Crippen LogP contribution in [0.2, 0.25) is 0 Å². The molecule has 1 atom stereocenters. The smallest absolute Gasteiger partial charge is 0.225 e. The maximum Gasteiger partial charge on any atom is 0.225 e. The maximum atomic E-state index is 11.7. The van der Waals surface area contributed by atoms with E-state index in [9.17, 15) is 9.90 Å². The normalized spacial score (nSPS) is 12.9. The second-order valence-electron chi connectivity index (χ2n) is 3.94. The van der Waals surface area contributed by atoms with Crippen LogP contribution in [0.15, 0.2) is 0 Å². The molecule has 0 spiro atoms. The molecule has 0 aromatic heterocycles. The molecule has 0 heterocycles. The van der Waals surface area contributed by atoms with E-state index in [1.807, 2.05) is 20.8 Å². The number of rotatable bonds is 7. The zero-order chi connectivity index (χ0) is 11.8. The third-order valence-corrected chi connectivity index (χ3v) is 2.07. The van der Waals surface area contributed by atoms with Gasteiger partial charge in [-0.1, -0.05) is 0 Å². The average Bonchev–Trinajstić information content (AvgIpc) is 2.13. The topological polar surface area (TPSA) is 49.8 Å². The van der Waals surface area contributed by atoms with E-state index in [-0.39, 0.29) is 11.9 Å². The number of aliphatic hydroxyl groups is 1. The molecule has 0 saturated carbocycles. The Kier molecular flexibility index (Phi) is 7.34. The number of aliphatic hydroxyl groups excluding tert-OH is 1. The highest BCUT2D eigenvalue weighted by Crippen LogP contribution is 2.03. The molecule has 0 aliphatic heterocycles. The van der Waals surface area contributed by atoms with E-state index in [1.54, 1.807) is 11.8 Å². The predicted octanol–water partition coefficient (Wildman–Crippen LogP) is 1.03. The summed E-state index contributed by atoms with van der Waals surface area (Å²) in [5, 5.41) is 9.27. The van der Waals surface area contributed by atoms with Crippen LogP contribution in [0.1, 0.15) is 34.1 Å². The number of hydrogen-bond donors (Lipinski definition) is 1. The largest absolute Gasteiger partial charge is 0.392 e. The average molecular weight is 217 g/mol. The van der Waals surface area contributed by atoms with Crippen LogP contribution in [0.5, 0.6) is 0 Å². The summed E-state index contributed by atoms with van der Waals surface area (Å²) < 4.78 is 5.13. The van der Waals surface area contributed by atoms with E-state index >= 15 is 0 Å². The molecule has 0 aromatic carbocycles. The van der Waals surface area contributed by atoms with Gasteiger partial charge in [0.05, 0.1) is 19.1 Å². The molecular weight excluding hydrogens is 194 g/mol. The standard InChI is InChI=1S/C11H23NO3/c1-5-15-7-6-11(14)12(9(2)3)8-10(4)13/h9-10,13H,5-8H2,1-4H3. The number of nitrogens with zero attached hydrogens (tertiary/aromatic N) is 1. The number of hydrogen-bond acceptors (Lipinski definition) is 3.